The van der Waals surface area contributed by atoms with Gasteiger partial charge in [0.25, 0.3) is 0 Å². The van der Waals surface area contributed by atoms with Crippen LogP contribution in [-0.2, 0) is 4.79 Å². The summed E-state index contributed by atoms with van der Waals surface area (Å²) in [6, 6.07) is 0. The van der Waals surface area contributed by atoms with Gasteiger partial charge in [-0.05, 0) is 27.3 Å². The van der Waals surface area contributed by atoms with E-state index in [0.29, 0.717) is 6.42 Å². The van der Waals surface area contributed by atoms with Gasteiger partial charge in [0.1, 0.15) is 0 Å². The van der Waals surface area contributed by atoms with Crippen molar-refractivity contribution in [2.75, 3.05) is 20.6 Å². The fourth-order valence-electron chi connectivity index (χ4n) is 0.974. The Labute approximate surface area is 81.5 Å². The molecule has 0 spiro atoms. The van der Waals surface area contributed by atoms with Crippen LogP contribution in [0.2, 0.25) is 0 Å². The summed E-state index contributed by atoms with van der Waals surface area (Å²) >= 11 is 0. The molecule has 0 saturated heterocycles. The first-order valence-corrected chi connectivity index (χ1v) is 4.87. The SMILES string of the molecule is CCC(C)(C)N(C)C(=O)CCNC. The molecule has 0 aliphatic heterocycles. The molecule has 0 unspecified atom stereocenters. The highest BCUT2D eigenvalue weighted by Crippen LogP contribution is 2.16. The number of carbonyl (C=O) groups is 1. The van der Waals surface area contributed by atoms with Gasteiger partial charge in [-0.1, -0.05) is 6.92 Å². The van der Waals surface area contributed by atoms with Gasteiger partial charge < -0.3 is 10.2 Å². The van der Waals surface area contributed by atoms with E-state index in [-0.39, 0.29) is 11.4 Å². The first-order chi connectivity index (χ1) is 5.95. The van der Waals surface area contributed by atoms with Crippen LogP contribution in [0, 0.1) is 0 Å². The Hall–Kier alpha value is -0.570. The molecular weight excluding hydrogens is 164 g/mol. The summed E-state index contributed by atoms with van der Waals surface area (Å²) in [4.78, 5) is 13.4. The second-order valence-corrected chi connectivity index (χ2v) is 3.97. The molecule has 0 fully saturated rings. The van der Waals surface area contributed by atoms with Crippen molar-refractivity contribution in [1.29, 1.82) is 0 Å². The van der Waals surface area contributed by atoms with Crippen LogP contribution in [0.5, 0.6) is 0 Å². The van der Waals surface area contributed by atoms with Crippen LogP contribution in [-0.4, -0.2) is 37.0 Å². The third kappa shape index (κ3) is 3.77. The molecule has 1 amide bonds. The molecule has 0 aromatic carbocycles. The second-order valence-electron chi connectivity index (χ2n) is 3.97. The Morgan fingerprint density at radius 1 is 1.46 bits per heavy atom. The third-order valence-electron chi connectivity index (χ3n) is 2.74. The maximum Gasteiger partial charge on any atom is 0.224 e. The maximum atomic E-state index is 11.6. The normalized spacial score (nSPS) is 11.5. The molecule has 0 heterocycles. The lowest BCUT2D eigenvalue weighted by atomic mass is 9.99. The van der Waals surface area contributed by atoms with E-state index < -0.39 is 0 Å². The number of rotatable bonds is 5. The molecule has 0 saturated carbocycles. The Kier molecular flexibility index (Phi) is 4.99. The largest absolute Gasteiger partial charge is 0.341 e. The van der Waals surface area contributed by atoms with Gasteiger partial charge in [0.2, 0.25) is 5.91 Å². The highest BCUT2D eigenvalue weighted by molar-refractivity contribution is 5.76. The second kappa shape index (κ2) is 5.22. The van der Waals surface area contributed by atoms with Crippen molar-refractivity contribution in [3.05, 3.63) is 0 Å². The number of carbonyl (C=O) groups excluding carboxylic acids is 1. The molecule has 0 atom stereocenters. The molecule has 78 valence electrons. The van der Waals surface area contributed by atoms with E-state index in [1.165, 1.54) is 0 Å². The van der Waals surface area contributed by atoms with E-state index in [1.807, 2.05) is 19.0 Å². The lowest BCUT2D eigenvalue weighted by molar-refractivity contribution is -0.134. The Morgan fingerprint density at radius 2 is 2.00 bits per heavy atom. The van der Waals surface area contributed by atoms with Crippen molar-refractivity contribution >= 4 is 5.91 Å². The fourth-order valence-corrected chi connectivity index (χ4v) is 0.974. The van der Waals surface area contributed by atoms with Crippen LogP contribution >= 0.6 is 0 Å². The van der Waals surface area contributed by atoms with Gasteiger partial charge in [0, 0.05) is 25.6 Å². The quantitative estimate of drug-likeness (QED) is 0.700. The van der Waals surface area contributed by atoms with E-state index in [4.69, 9.17) is 0 Å². The molecule has 1 N–H and O–H groups in total. The van der Waals surface area contributed by atoms with Crippen LogP contribution in [0.1, 0.15) is 33.6 Å². The highest BCUT2D eigenvalue weighted by Gasteiger charge is 2.24. The predicted octanol–water partition coefficient (Wildman–Crippen LogP) is 1.24. The summed E-state index contributed by atoms with van der Waals surface area (Å²) < 4.78 is 0. The third-order valence-corrected chi connectivity index (χ3v) is 2.74. The molecule has 0 aromatic rings. The molecule has 0 radical (unpaired) electrons. The molecule has 13 heavy (non-hydrogen) atoms. The Balaban J connectivity index is 4.09. The van der Waals surface area contributed by atoms with Crippen LogP contribution in [0.25, 0.3) is 0 Å². The van der Waals surface area contributed by atoms with Crippen LogP contribution < -0.4 is 5.32 Å². The molecule has 0 aliphatic carbocycles. The van der Waals surface area contributed by atoms with Crippen LogP contribution in [0.15, 0.2) is 0 Å². The summed E-state index contributed by atoms with van der Waals surface area (Å²) in [5.74, 6) is 0.209. The zero-order valence-corrected chi connectivity index (χ0v) is 9.48. The van der Waals surface area contributed by atoms with Gasteiger partial charge >= 0.3 is 0 Å². The lowest BCUT2D eigenvalue weighted by Crippen LogP contribution is -2.45. The summed E-state index contributed by atoms with van der Waals surface area (Å²) in [5, 5.41) is 2.98. The van der Waals surface area contributed by atoms with E-state index in [1.54, 1.807) is 0 Å². The summed E-state index contributed by atoms with van der Waals surface area (Å²) in [6.45, 7) is 7.03. The summed E-state index contributed by atoms with van der Waals surface area (Å²) in [6.07, 6.45) is 1.56. The van der Waals surface area contributed by atoms with Crippen molar-refractivity contribution in [2.45, 2.75) is 39.2 Å². The zero-order chi connectivity index (χ0) is 10.5. The van der Waals surface area contributed by atoms with Crippen LogP contribution in [0.3, 0.4) is 0 Å². The van der Waals surface area contributed by atoms with Crippen molar-refractivity contribution in [1.82, 2.24) is 10.2 Å². The lowest BCUT2D eigenvalue weighted by Gasteiger charge is -2.35. The number of hydrogen-bond donors (Lipinski definition) is 1. The number of amides is 1. The van der Waals surface area contributed by atoms with Gasteiger partial charge in [0.05, 0.1) is 0 Å². The average molecular weight is 186 g/mol. The minimum Gasteiger partial charge on any atom is -0.341 e. The van der Waals surface area contributed by atoms with Crippen molar-refractivity contribution in [2.24, 2.45) is 0 Å². The van der Waals surface area contributed by atoms with Crippen LogP contribution in [0.4, 0.5) is 0 Å². The Morgan fingerprint density at radius 3 is 2.38 bits per heavy atom. The standard InChI is InChI=1S/C10H22N2O/c1-6-10(2,3)12(5)9(13)7-8-11-4/h11H,6-8H2,1-5H3. The molecule has 0 aliphatic rings. The minimum atomic E-state index is -0.0230. The molecule has 0 aromatic heterocycles. The first kappa shape index (κ1) is 12.4. The monoisotopic (exact) mass is 186 g/mol. The van der Waals surface area contributed by atoms with Gasteiger partial charge in [0.15, 0.2) is 0 Å². The maximum absolute atomic E-state index is 11.6. The van der Waals surface area contributed by atoms with Gasteiger partial charge in [-0.25, -0.2) is 0 Å². The predicted molar refractivity (Wildman–Crippen MR) is 55.7 cm³/mol. The summed E-state index contributed by atoms with van der Waals surface area (Å²) in [7, 11) is 3.74. The number of hydrogen-bond acceptors (Lipinski definition) is 2. The van der Waals surface area contributed by atoms with Gasteiger partial charge in [-0.2, -0.15) is 0 Å². The van der Waals surface area contributed by atoms with E-state index >= 15 is 0 Å². The smallest absolute Gasteiger partial charge is 0.224 e. The number of nitrogens with one attached hydrogen (secondary N) is 1. The van der Waals surface area contributed by atoms with E-state index in [2.05, 4.69) is 26.1 Å². The number of nitrogens with zero attached hydrogens (tertiary/aromatic N) is 1. The molecule has 0 rings (SSSR count). The molecule has 3 nitrogen and oxygen atoms in total. The topological polar surface area (TPSA) is 32.3 Å². The highest BCUT2D eigenvalue weighted by atomic mass is 16.2. The average Bonchev–Trinajstić information content (AvgIpc) is 2.12. The van der Waals surface area contributed by atoms with Crippen molar-refractivity contribution in [3.8, 4) is 0 Å². The van der Waals surface area contributed by atoms with Crippen molar-refractivity contribution in [3.63, 3.8) is 0 Å². The molecular formula is C10H22N2O. The van der Waals surface area contributed by atoms with Gasteiger partial charge in [-0.15, -0.1) is 0 Å². The minimum absolute atomic E-state index is 0.0230. The van der Waals surface area contributed by atoms with E-state index in [0.717, 1.165) is 13.0 Å². The zero-order valence-electron chi connectivity index (χ0n) is 9.48. The summed E-state index contributed by atoms with van der Waals surface area (Å²) in [5.41, 5.74) is -0.0230. The fraction of sp³-hybridized carbons (Fsp3) is 0.900. The molecule has 0 bridgehead atoms. The molecule has 3 heteroatoms. The van der Waals surface area contributed by atoms with Gasteiger partial charge in [-0.3, -0.25) is 4.79 Å². The first-order valence-electron chi connectivity index (χ1n) is 4.87. The Bertz CT molecular complexity index is 166. The van der Waals surface area contributed by atoms with Crippen molar-refractivity contribution < 1.29 is 4.79 Å². The van der Waals surface area contributed by atoms with E-state index in [9.17, 15) is 4.79 Å².